The van der Waals surface area contributed by atoms with Crippen molar-refractivity contribution in [3.63, 3.8) is 0 Å². The van der Waals surface area contributed by atoms with Crippen molar-refractivity contribution in [1.82, 2.24) is 0 Å². The molecule has 0 aromatic rings. The van der Waals surface area contributed by atoms with Crippen LogP contribution in [0.4, 0.5) is 0 Å². The van der Waals surface area contributed by atoms with Crippen molar-refractivity contribution in [2.75, 3.05) is 6.54 Å². The first-order valence-electron chi connectivity index (χ1n) is 4.51. The van der Waals surface area contributed by atoms with Crippen LogP contribution in [0.2, 0.25) is 0 Å². The van der Waals surface area contributed by atoms with Crippen LogP contribution < -0.4 is 5.73 Å². The minimum atomic E-state index is -2.25. The number of carbonyl (C=O) groups excluding carboxylic acids is 1. The predicted octanol–water partition coefficient (Wildman–Crippen LogP) is -4.26. The Bertz CT molecular complexity index is 282. The summed E-state index contributed by atoms with van der Waals surface area (Å²) in [7, 11) is 0. The van der Waals surface area contributed by atoms with Gasteiger partial charge in [0, 0.05) is 0 Å². The molecule has 10 nitrogen and oxygen atoms in total. The number of aliphatic hydroxyl groups excluding tert-OH is 4. The van der Waals surface area contributed by atoms with E-state index < -0.39 is 36.4 Å². The molecule has 0 heterocycles. The Balaban J connectivity index is 0. The molecule has 0 bridgehead atoms. The van der Waals surface area contributed by atoms with Crippen LogP contribution in [0.5, 0.6) is 0 Å². The van der Waals surface area contributed by atoms with Crippen LogP contribution in [0.15, 0.2) is 0 Å². The molecule has 4 atom stereocenters. The summed E-state index contributed by atoms with van der Waals surface area (Å²) in [6, 6.07) is 0. The Morgan fingerprint density at radius 3 is 1.67 bits per heavy atom. The van der Waals surface area contributed by atoms with Gasteiger partial charge in [0.25, 0.3) is 0 Å². The molecule has 8 N–H and O–H groups in total. The van der Waals surface area contributed by atoms with Gasteiger partial charge in [-0.1, -0.05) is 0 Å². The van der Waals surface area contributed by atoms with E-state index in [0.717, 1.165) is 0 Å². The Labute approximate surface area is 101 Å². The van der Waals surface area contributed by atoms with Crippen molar-refractivity contribution in [2.24, 2.45) is 5.73 Å². The summed E-state index contributed by atoms with van der Waals surface area (Å²) in [5, 5.41) is 50.8. The van der Waals surface area contributed by atoms with Gasteiger partial charge in [-0.3, -0.25) is 4.79 Å². The Morgan fingerprint density at radius 1 is 1.06 bits per heavy atom. The highest BCUT2D eigenvalue weighted by Gasteiger charge is 2.33. The number of aliphatic carboxylic acids is 2. The summed E-state index contributed by atoms with van der Waals surface area (Å²) >= 11 is 0. The van der Waals surface area contributed by atoms with Gasteiger partial charge in [0.15, 0.2) is 12.4 Å². The van der Waals surface area contributed by atoms with Crippen LogP contribution in [-0.4, -0.2) is 79.8 Å². The largest absolute Gasteiger partial charge is 0.480 e. The van der Waals surface area contributed by atoms with E-state index >= 15 is 0 Å². The third-order valence-electron chi connectivity index (χ3n) is 1.59. The lowest BCUT2D eigenvalue weighted by Gasteiger charge is -2.21. The monoisotopic (exact) mass is 269 g/mol. The molecule has 0 aliphatic heterocycles. The average Bonchev–Trinajstić information content (AvgIpc) is 2.35. The minimum absolute atomic E-state index is 0.0809. The first kappa shape index (κ1) is 18.8. The summed E-state index contributed by atoms with van der Waals surface area (Å²) in [6.07, 6.45) is -8.39. The molecule has 18 heavy (non-hydrogen) atoms. The summed E-state index contributed by atoms with van der Waals surface area (Å²) < 4.78 is 0. The van der Waals surface area contributed by atoms with Gasteiger partial charge in [-0.15, -0.1) is 0 Å². The second-order valence-corrected chi connectivity index (χ2v) is 2.99. The number of hydrogen-bond donors (Lipinski definition) is 7. The lowest BCUT2D eigenvalue weighted by molar-refractivity contribution is -0.163. The maximum absolute atomic E-state index is 10.1. The highest BCUT2D eigenvalue weighted by atomic mass is 16.4. The summed E-state index contributed by atoms with van der Waals surface area (Å²) in [5.74, 6) is -2.73. The molecule has 0 radical (unpaired) electrons. The van der Waals surface area contributed by atoms with Gasteiger partial charge in [-0.05, 0) is 0 Å². The van der Waals surface area contributed by atoms with E-state index in [1.54, 1.807) is 0 Å². The number of carboxylic acids is 2. The normalized spacial score (nSPS) is 16.5. The molecule has 0 aromatic carbocycles. The van der Waals surface area contributed by atoms with Gasteiger partial charge in [0.1, 0.15) is 18.3 Å². The van der Waals surface area contributed by atoms with E-state index in [1.807, 2.05) is 0 Å². The first-order chi connectivity index (χ1) is 8.18. The fourth-order valence-electron chi connectivity index (χ4n) is 0.615. The third-order valence-corrected chi connectivity index (χ3v) is 1.59. The van der Waals surface area contributed by atoms with E-state index in [-0.39, 0.29) is 12.8 Å². The lowest BCUT2D eigenvalue weighted by Crippen LogP contribution is -2.48. The number of nitrogens with two attached hydrogens (primary N) is 1. The standard InChI is InChI=1S/C6H10O7.C2H5NO2/c7-1-2(8)3(9)4(10)5(11)6(12)13;3-1-2(4)5/h1-5,8-11H,(H,12,13);1,3H2,(H,4,5)/t2-,3+,4-,5-;/m0./s1. The molecule has 0 spiro atoms. The Morgan fingerprint density at radius 2 is 1.44 bits per heavy atom. The fourth-order valence-corrected chi connectivity index (χ4v) is 0.615. The summed E-state index contributed by atoms with van der Waals surface area (Å²) in [6.45, 7) is -0.278. The second kappa shape index (κ2) is 9.44. The molecule has 0 fully saturated rings. The van der Waals surface area contributed by atoms with Crippen LogP contribution in [-0.2, 0) is 14.4 Å². The van der Waals surface area contributed by atoms with Gasteiger partial charge in [-0.2, -0.15) is 0 Å². The lowest BCUT2D eigenvalue weighted by atomic mass is 10.0. The quantitative estimate of drug-likeness (QED) is 0.231. The van der Waals surface area contributed by atoms with Crippen molar-refractivity contribution in [3.05, 3.63) is 0 Å². The molecule has 0 amide bonds. The molecule has 0 saturated heterocycles. The van der Waals surface area contributed by atoms with E-state index in [1.165, 1.54) is 0 Å². The molecule has 0 aliphatic rings. The number of carboxylic acid groups (broad SMARTS) is 2. The molecule has 0 unspecified atom stereocenters. The molecule has 0 aromatic heterocycles. The molecule has 0 rings (SSSR count). The van der Waals surface area contributed by atoms with Crippen LogP contribution in [0, 0.1) is 0 Å². The van der Waals surface area contributed by atoms with E-state index in [4.69, 9.17) is 30.6 Å². The number of hydrogen-bond acceptors (Lipinski definition) is 8. The maximum atomic E-state index is 10.1. The molecule has 0 saturated carbocycles. The van der Waals surface area contributed by atoms with Crippen LogP contribution >= 0.6 is 0 Å². The van der Waals surface area contributed by atoms with Crippen molar-refractivity contribution in [2.45, 2.75) is 24.4 Å². The fraction of sp³-hybridized carbons (Fsp3) is 0.625. The predicted molar refractivity (Wildman–Crippen MR) is 54.4 cm³/mol. The maximum Gasteiger partial charge on any atom is 0.335 e. The highest BCUT2D eigenvalue weighted by Crippen LogP contribution is 2.03. The SMILES string of the molecule is NCC(=O)O.O=C[C@H](O)[C@@H](O)[C@H](O)[C@H](O)C(=O)O. The van der Waals surface area contributed by atoms with Crippen molar-refractivity contribution in [1.29, 1.82) is 0 Å². The zero-order valence-corrected chi connectivity index (χ0v) is 9.08. The van der Waals surface area contributed by atoms with E-state index in [2.05, 4.69) is 5.73 Å². The topological polar surface area (TPSA) is 199 Å². The number of aliphatic hydroxyl groups is 4. The van der Waals surface area contributed by atoms with Crippen LogP contribution in [0.3, 0.4) is 0 Å². The molecular weight excluding hydrogens is 254 g/mol. The summed E-state index contributed by atoms with van der Waals surface area (Å²) in [4.78, 5) is 29.2. The second-order valence-electron chi connectivity index (χ2n) is 2.99. The molecule has 10 heteroatoms. The molecule has 106 valence electrons. The minimum Gasteiger partial charge on any atom is -0.480 e. The molecular formula is C8H15NO9. The number of aldehydes is 1. The zero-order chi connectivity index (χ0) is 14.9. The van der Waals surface area contributed by atoms with Crippen molar-refractivity contribution < 1.29 is 45.0 Å². The Kier molecular flexibility index (Phi) is 9.84. The summed E-state index contributed by atoms with van der Waals surface area (Å²) in [5.41, 5.74) is 4.57. The van der Waals surface area contributed by atoms with Crippen LogP contribution in [0.1, 0.15) is 0 Å². The van der Waals surface area contributed by atoms with E-state index in [9.17, 15) is 14.4 Å². The number of carbonyl (C=O) groups is 3. The number of rotatable bonds is 6. The zero-order valence-electron chi connectivity index (χ0n) is 9.08. The van der Waals surface area contributed by atoms with Gasteiger partial charge in [-0.25, -0.2) is 4.79 Å². The van der Waals surface area contributed by atoms with Gasteiger partial charge in [0.05, 0.1) is 6.54 Å². The first-order valence-corrected chi connectivity index (χ1v) is 4.51. The highest BCUT2D eigenvalue weighted by molar-refractivity contribution is 5.73. The smallest absolute Gasteiger partial charge is 0.335 e. The van der Waals surface area contributed by atoms with Crippen LogP contribution in [0.25, 0.3) is 0 Å². The van der Waals surface area contributed by atoms with Gasteiger partial charge >= 0.3 is 11.9 Å². The van der Waals surface area contributed by atoms with E-state index in [0.29, 0.717) is 0 Å². The van der Waals surface area contributed by atoms with Gasteiger partial charge in [0.2, 0.25) is 0 Å². The van der Waals surface area contributed by atoms with Crippen molar-refractivity contribution in [3.8, 4) is 0 Å². The van der Waals surface area contributed by atoms with Gasteiger partial charge < -0.3 is 41.2 Å². The average molecular weight is 269 g/mol. The molecule has 0 aliphatic carbocycles. The van der Waals surface area contributed by atoms with Crippen molar-refractivity contribution >= 4 is 18.2 Å². The third kappa shape index (κ3) is 7.65. The Hall–Kier alpha value is -1.59.